The van der Waals surface area contributed by atoms with Crippen LogP contribution in [0.25, 0.3) is 33.2 Å². The molecule has 2 unspecified atom stereocenters. The lowest BCUT2D eigenvalue weighted by Gasteiger charge is -2.23. The molecule has 8 N–H and O–H groups in total. The number of aliphatic hydroxyl groups is 4. The lowest BCUT2D eigenvalue weighted by Crippen LogP contribution is -2.37. The van der Waals surface area contributed by atoms with Crippen LogP contribution in [0.4, 0.5) is 35.1 Å². The Balaban J connectivity index is 0.000000132. The molecule has 26 heteroatoms. The summed E-state index contributed by atoms with van der Waals surface area (Å²) in [6, 6.07) is 0. The third-order valence-electron chi connectivity index (χ3n) is 18.1. The molecular weight excluding hydrogens is 1090 g/mol. The highest BCUT2D eigenvalue weighted by Gasteiger charge is 2.60. The molecule has 0 amide bonds. The van der Waals surface area contributed by atoms with Crippen molar-refractivity contribution in [2.75, 3.05) is 27.4 Å². The molecule has 0 saturated heterocycles. The monoisotopic (exact) mass is 1160 g/mol. The van der Waals surface area contributed by atoms with Gasteiger partial charge >= 0.3 is 0 Å². The normalized spacial score (nSPS) is 29.6. The van der Waals surface area contributed by atoms with E-state index >= 15 is 0 Å². The highest BCUT2D eigenvalue weighted by atomic mass is 19.3. The van der Waals surface area contributed by atoms with Gasteiger partial charge in [-0.25, -0.2) is 55.1 Å². The molecule has 4 fully saturated rings. The zero-order valence-electron chi connectivity index (χ0n) is 45.7. The van der Waals surface area contributed by atoms with Crippen molar-refractivity contribution in [2.45, 2.75) is 127 Å². The zero-order valence-corrected chi connectivity index (χ0v) is 45.7. The number of nitrogens with one attached hydrogen (secondary N) is 4. The van der Waals surface area contributed by atoms with E-state index in [0.717, 1.165) is 12.8 Å². The van der Waals surface area contributed by atoms with Crippen molar-refractivity contribution >= 4 is 33.2 Å². The van der Waals surface area contributed by atoms with Crippen LogP contribution in [0.3, 0.4) is 0 Å². The summed E-state index contributed by atoms with van der Waals surface area (Å²) in [7, 11) is 3.00. The zero-order chi connectivity index (χ0) is 59.4. The number of allylic oxidation sites excluding steroid dienone is 4. The first-order valence-corrected chi connectivity index (χ1v) is 27.3. The highest BCUT2D eigenvalue weighted by molar-refractivity contribution is 5.84. The lowest BCUT2D eigenvalue weighted by atomic mass is 9.92. The highest BCUT2D eigenvalue weighted by Crippen LogP contribution is 2.57. The first-order valence-electron chi connectivity index (χ1n) is 27.3. The van der Waals surface area contributed by atoms with Crippen molar-refractivity contribution in [3.05, 3.63) is 104 Å². The molecule has 6 heterocycles. The van der Waals surface area contributed by atoms with Gasteiger partial charge in [0.05, 0.1) is 73.0 Å². The van der Waals surface area contributed by atoms with Crippen molar-refractivity contribution in [1.29, 1.82) is 0 Å². The Morgan fingerprint density at radius 1 is 0.537 bits per heavy atom. The number of hydrogen-bond donors (Lipinski definition) is 8. The molecule has 0 bridgehead atoms. The van der Waals surface area contributed by atoms with Crippen LogP contribution in [0.2, 0.25) is 0 Å². The molecule has 444 valence electrons. The molecular formula is C56H66F8N10O8. The Morgan fingerprint density at radius 2 is 0.902 bits per heavy atom. The fraction of sp³-hybridized carbons (Fsp3) is 0.571. The maximum atomic E-state index is 14.6. The van der Waals surface area contributed by atoms with Gasteiger partial charge in [0.2, 0.25) is 11.8 Å². The first kappa shape index (κ1) is 60.0. The Morgan fingerprint density at radius 3 is 1.22 bits per heavy atom. The largest absolute Gasteiger partial charge is 0.479 e. The Kier molecular flexibility index (Phi) is 17.0. The fourth-order valence-corrected chi connectivity index (χ4v) is 13.2. The van der Waals surface area contributed by atoms with Gasteiger partial charge in [-0.15, -0.1) is 0 Å². The standard InChI is InChI=1S/2C15H19F2N3O.2C13H14F2N2O3/c2*1-4-9-5-11(15(16,17)8(9)2)10-6-18-13-12(10)19-7-20-14(13)21-3;2*14-13(15)9(3-6(4-18)11(13)19)7-1-2-8-10(7)16-5-17-12(8)20/h2*6-9,11,18H,4-5H2,1-3H3;2*1,5-6,9,11,18-19H,2-4H2,(H,16,17,20)/t8-,9+,11+;8-,9+,11-;6?,9-,11+;6?,9-,11-/m1101/s1. The smallest absolute Gasteiger partial charge is 0.280 e. The number of fused-ring (bicyclic) bond motifs is 4. The summed E-state index contributed by atoms with van der Waals surface area (Å²) < 4.78 is 125. The van der Waals surface area contributed by atoms with E-state index < -0.39 is 96.5 Å². The SMILES string of the molecule is CC[C@H]1C[C@@H](c2c[nH]c3c(OC)ncnc23)C(F)(F)[C@@H]1C.CC[C@H]1C[C@H](c2c[nH]c3c(OC)ncnc23)C(F)(F)[C@@H]1C.O=c1[nH]cnc2c1CC=C2[C@@H]1CC(CO)[C@@H](O)C1(F)F.O=c1[nH]cnc2c1CC=C2[C@H]1CC(CO)[C@@H](O)C1(F)F. The van der Waals surface area contributed by atoms with Crippen molar-refractivity contribution < 1.29 is 65.0 Å². The third-order valence-corrected chi connectivity index (χ3v) is 18.1. The minimum atomic E-state index is -3.33. The summed E-state index contributed by atoms with van der Waals surface area (Å²) in [5.41, 5.74) is 4.62. The van der Waals surface area contributed by atoms with Crippen LogP contribution in [-0.4, -0.2) is 134 Å². The average molecular weight is 1160 g/mol. The van der Waals surface area contributed by atoms with Crippen LogP contribution >= 0.6 is 0 Å². The molecule has 12 rings (SSSR count). The van der Waals surface area contributed by atoms with Crippen molar-refractivity contribution in [1.82, 2.24) is 49.8 Å². The van der Waals surface area contributed by atoms with E-state index in [1.54, 1.807) is 38.4 Å². The first-order chi connectivity index (χ1) is 38.9. The second-order valence-electron chi connectivity index (χ2n) is 22.1. The Hall–Kier alpha value is -6.64. The number of ether oxygens (including phenoxy) is 2. The van der Waals surface area contributed by atoms with Crippen LogP contribution in [0.15, 0.2) is 59.4 Å². The maximum absolute atomic E-state index is 14.6. The fourth-order valence-electron chi connectivity index (χ4n) is 13.2. The molecule has 6 aliphatic carbocycles. The lowest BCUT2D eigenvalue weighted by molar-refractivity contribution is -0.116. The minimum absolute atomic E-state index is 0.0234. The van der Waals surface area contributed by atoms with Crippen molar-refractivity contribution in [2.24, 2.45) is 47.3 Å². The van der Waals surface area contributed by atoms with Crippen LogP contribution in [0.5, 0.6) is 11.8 Å². The van der Waals surface area contributed by atoms with Crippen LogP contribution < -0.4 is 20.6 Å². The van der Waals surface area contributed by atoms with E-state index in [9.17, 15) is 54.9 Å². The summed E-state index contributed by atoms with van der Waals surface area (Å²) >= 11 is 0. The van der Waals surface area contributed by atoms with Gasteiger partial charge in [-0.05, 0) is 61.5 Å². The molecule has 6 aromatic rings. The van der Waals surface area contributed by atoms with Gasteiger partial charge in [-0.3, -0.25) is 9.59 Å². The number of halogens is 8. The molecule has 18 nitrogen and oxygen atoms in total. The maximum Gasteiger partial charge on any atom is 0.280 e. The number of aliphatic hydroxyl groups excluding tert-OH is 4. The van der Waals surface area contributed by atoms with Gasteiger partial charge in [0.15, 0.2) is 0 Å². The minimum Gasteiger partial charge on any atom is -0.479 e. The van der Waals surface area contributed by atoms with Gasteiger partial charge in [0.1, 0.15) is 35.9 Å². The van der Waals surface area contributed by atoms with Gasteiger partial charge in [-0.1, -0.05) is 52.7 Å². The van der Waals surface area contributed by atoms with E-state index in [1.807, 2.05) is 13.8 Å². The Bertz CT molecular complexity index is 3240. The summed E-state index contributed by atoms with van der Waals surface area (Å²) in [6.45, 7) is 6.27. The number of methoxy groups -OCH3 is 2. The average Bonchev–Trinajstić information content (AvgIpc) is 3.13. The second-order valence-corrected chi connectivity index (χ2v) is 22.1. The van der Waals surface area contributed by atoms with Crippen LogP contribution in [-0.2, 0) is 12.8 Å². The Labute approximate surface area is 464 Å². The molecule has 0 spiro atoms. The van der Waals surface area contributed by atoms with Crippen molar-refractivity contribution in [3.8, 4) is 11.8 Å². The summed E-state index contributed by atoms with van der Waals surface area (Å²) in [5.74, 6) is -18.2. The molecule has 6 aliphatic rings. The van der Waals surface area contributed by atoms with E-state index in [-0.39, 0.29) is 60.0 Å². The topological polar surface area (TPSA) is 274 Å². The van der Waals surface area contributed by atoms with Gasteiger partial charge in [0.25, 0.3) is 34.8 Å². The number of nitrogens with zero attached hydrogens (tertiary/aromatic N) is 6. The summed E-state index contributed by atoms with van der Waals surface area (Å²) in [5, 5.41) is 37.4. The number of aromatic amines is 4. The molecule has 6 aromatic heterocycles. The molecule has 12 atom stereocenters. The number of hydrogen-bond acceptors (Lipinski definition) is 14. The second kappa shape index (κ2) is 23.2. The van der Waals surface area contributed by atoms with Crippen LogP contribution in [0, 0.1) is 47.3 Å². The number of rotatable bonds is 10. The van der Waals surface area contributed by atoms with E-state index in [2.05, 4.69) is 49.8 Å². The van der Waals surface area contributed by atoms with Crippen molar-refractivity contribution in [3.63, 3.8) is 0 Å². The predicted molar refractivity (Wildman–Crippen MR) is 284 cm³/mol. The molecule has 0 radical (unpaired) electrons. The number of aromatic nitrogens is 10. The van der Waals surface area contributed by atoms with Gasteiger partial charge in [0, 0.05) is 71.5 Å². The quantitative estimate of drug-likeness (QED) is 0.0601. The third kappa shape index (κ3) is 10.3. The molecule has 0 aliphatic heterocycles. The summed E-state index contributed by atoms with van der Waals surface area (Å²) in [4.78, 5) is 58.4. The predicted octanol–water partition coefficient (Wildman–Crippen LogP) is 8.17. The van der Waals surface area contributed by atoms with E-state index in [1.165, 1.54) is 39.5 Å². The van der Waals surface area contributed by atoms with E-state index in [0.29, 0.717) is 80.1 Å². The van der Waals surface area contributed by atoms with Gasteiger partial charge in [-0.2, -0.15) is 9.97 Å². The van der Waals surface area contributed by atoms with Gasteiger partial charge < -0.3 is 49.8 Å². The summed E-state index contributed by atoms with van der Waals surface area (Å²) in [6.07, 6.45) is 10.7. The van der Waals surface area contributed by atoms with E-state index in [4.69, 9.17) is 19.7 Å². The molecule has 4 saturated carbocycles. The molecule has 82 heavy (non-hydrogen) atoms. The van der Waals surface area contributed by atoms with Crippen LogP contribution in [0.1, 0.15) is 112 Å². The molecule has 0 aromatic carbocycles. The number of H-pyrrole nitrogens is 4. The number of alkyl halides is 8.